The number of piperidine rings is 1. The number of ether oxygens (including phenoxy) is 2. The maximum Gasteiger partial charge on any atom is 0.408 e. The van der Waals surface area contributed by atoms with Crippen LogP contribution < -0.4 is 26.0 Å². The van der Waals surface area contributed by atoms with Crippen LogP contribution >= 0.6 is 0 Å². The number of carbonyl (C=O) groups excluding carboxylic acids is 6. The lowest BCUT2D eigenvalue weighted by Crippen LogP contribution is -2.52. The Morgan fingerprint density at radius 2 is 1.88 bits per heavy atom. The monoisotopic (exact) mass is 579 g/mol. The van der Waals surface area contributed by atoms with E-state index in [2.05, 4.69) is 21.3 Å². The zero-order valence-corrected chi connectivity index (χ0v) is 23.7. The second-order valence-corrected chi connectivity index (χ2v) is 11.0. The summed E-state index contributed by atoms with van der Waals surface area (Å²) in [7, 11) is 0. The van der Waals surface area contributed by atoms with Crippen LogP contribution in [0.25, 0.3) is 0 Å². The van der Waals surface area contributed by atoms with E-state index in [1.807, 2.05) is 0 Å². The van der Waals surface area contributed by atoms with Crippen LogP contribution in [-0.2, 0) is 23.9 Å². The third kappa shape index (κ3) is 7.62. The maximum atomic E-state index is 12.9. The highest BCUT2D eigenvalue weighted by Gasteiger charge is 2.40. The predicted octanol–water partition coefficient (Wildman–Crippen LogP) is 2.19. The molecule has 2 atom stereocenters. The summed E-state index contributed by atoms with van der Waals surface area (Å²) in [6.07, 6.45) is 6.54. The number of fused-ring (bicyclic) bond motifs is 1. The Morgan fingerprint density at radius 3 is 2.60 bits per heavy atom. The predicted molar refractivity (Wildman–Crippen MR) is 150 cm³/mol. The molecule has 2 unspecified atom stereocenters. The van der Waals surface area contributed by atoms with E-state index in [-0.39, 0.29) is 37.0 Å². The van der Waals surface area contributed by atoms with Crippen LogP contribution in [-0.4, -0.2) is 65.4 Å². The molecule has 0 radical (unpaired) electrons. The first-order chi connectivity index (χ1) is 19.8. The number of alkyl carbamates (subject to hydrolysis) is 1. The SMILES string of the molecule is Cc1ccc(NC(=O)NCC2=CC3=CN(C4CCC(=O)NC4=O)C(=O)C3C=C2)cc1OC(=O)CNC(=O)OC(C)(C)C. The molecular formula is C29H33N5O8. The molecule has 6 amide bonds. The van der Waals surface area contributed by atoms with Gasteiger partial charge < -0.3 is 30.3 Å². The van der Waals surface area contributed by atoms with E-state index in [0.29, 0.717) is 16.8 Å². The minimum atomic E-state index is -0.746. The smallest absolute Gasteiger partial charge is 0.408 e. The maximum absolute atomic E-state index is 12.9. The number of hydrogen-bond acceptors (Lipinski definition) is 8. The number of allylic oxidation sites excluding steroid dienone is 1. The van der Waals surface area contributed by atoms with E-state index in [0.717, 1.165) is 5.57 Å². The van der Waals surface area contributed by atoms with Crippen molar-refractivity contribution in [1.82, 2.24) is 20.9 Å². The molecule has 13 heteroatoms. The summed E-state index contributed by atoms with van der Waals surface area (Å²) in [5, 5.41) is 10.0. The molecule has 42 heavy (non-hydrogen) atoms. The fourth-order valence-electron chi connectivity index (χ4n) is 4.47. The van der Waals surface area contributed by atoms with E-state index in [9.17, 15) is 28.8 Å². The van der Waals surface area contributed by atoms with Crippen molar-refractivity contribution < 1.29 is 38.2 Å². The number of carbonyl (C=O) groups is 6. The van der Waals surface area contributed by atoms with Gasteiger partial charge in [0.1, 0.15) is 23.9 Å². The molecule has 2 aliphatic heterocycles. The van der Waals surface area contributed by atoms with Gasteiger partial charge in [0.2, 0.25) is 17.7 Å². The number of aryl methyl sites for hydroxylation is 1. The third-order valence-corrected chi connectivity index (χ3v) is 6.47. The molecule has 0 saturated carbocycles. The summed E-state index contributed by atoms with van der Waals surface area (Å²) in [5.41, 5.74) is 1.74. The van der Waals surface area contributed by atoms with Crippen molar-refractivity contribution in [2.24, 2.45) is 5.92 Å². The third-order valence-electron chi connectivity index (χ3n) is 6.47. The molecule has 0 bridgehead atoms. The lowest BCUT2D eigenvalue weighted by Gasteiger charge is -2.28. The minimum Gasteiger partial charge on any atom is -0.444 e. The summed E-state index contributed by atoms with van der Waals surface area (Å²) in [6.45, 7) is 6.60. The van der Waals surface area contributed by atoms with Gasteiger partial charge in [-0.1, -0.05) is 24.3 Å². The number of imide groups is 1. The molecule has 222 valence electrons. The first kappa shape index (κ1) is 30.0. The van der Waals surface area contributed by atoms with E-state index < -0.39 is 48.1 Å². The lowest BCUT2D eigenvalue weighted by atomic mass is 9.93. The van der Waals surface area contributed by atoms with E-state index in [4.69, 9.17) is 9.47 Å². The first-order valence-electron chi connectivity index (χ1n) is 13.4. The zero-order valence-electron chi connectivity index (χ0n) is 23.7. The molecular weight excluding hydrogens is 546 g/mol. The van der Waals surface area contributed by atoms with Gasteiger partial charge in [0, 0.05) is 30.9 Å². The molecule has 0 spiro atoms. The Balaban J connectivity index is 1.29. The molecule has 3 aliphatic rings. The van der Waals surface area contributed by atoms with Gasteiger partial charge in [0.05, 0.1) is 5.92 Å². The summed E-state index contributed by atoms with van der Waals surface area (Å²) < 4.78 is 10.4. The van der Waals surface area contributed by atoms with Gasteiger partial charge in [-0.2, -0.15) is 0 Å². The van der Waals surface area contributed by atoms with E-state index in [1.165, 1.54) is 11.0 Å². The molecule has 1 saturated heterocycles. The number of anilines is 1. The standard InChI is InChI=1S/C29H33N5O8/c1-16-5-7-19(12-22(16)41-24(36)14-31-28(40)42-29(2,3)4)32-27(39)30-13-17-6-8-20-18(11-17)15-34(26(20)38)21-9-10-23(35)33-25(21)37/h5-8,11-12,15,20-21H,9-10,13-14H2,1-4H3,(H,31,40)(H2,30,32,39)(H,33,35,37). The first-order valence-corrected chi connectivity index (χ1v) is 13.4. The highest BCUT2D eigenvalue weighted by Crippen LogP contribution is 2.33. The van der Waals surface area contributed by atoms with Crippen LogP contribution in [0.2, 0.25) is 0 Å². The number of nitrogens with zero attached hydrogens (tertiary/aromatic N) is 1. The number of amides is 6. The number of urea groups is 1. The number of hydrogen-bond donors (Lipinski definition) is 4. The summed E-state index contributed by atoms with van der Waals surface area (Å²) in [5.74, 6) is -2.11. The second kappa shape index (κ2) is 12.3. The lowest BCUT2D eigenvalue weighted by molar-refractivity contribution is -0.143. The van der Waals surface area contributed by atoms with Crippen molar-refractivity contribution in [3.8, 4) is 5.75 Å². The van der Waals surface area contributed by atoms with Gasteiger partial charge in [0.25, 0.3) is 0 Å². The van der Waals surface area contributed by atoms with Crippen molar-refractivity contribution >= 4 is 41.5 Å². The van der Waals surface area contributed by atoms with E-state index >= 15 is 0 Å². The Labute approximate surface area is 242 Å². The van der Waals surface area contributed by atoms with E-state index in [1.54, 1.807) is 64.3 Å². The number of esters is 1. The van der Waals surface area contributed by atoms with Crippen LogP contribution in [0.5, 0.6) is 5.75 Å². The molecule has 2 heterocycles. The zero-order chi connectivity index (χ0) is 30.6. The number of nitrogens with one attached hydrogen (secondary N) is 4. The van der Waals surface area contributed by atoms with Crippen molar-refractivity contribution in [2.75, 3.05) is 18.4 Å². The molecule has 1 fully saturated rings. The van der Waals surface area contributed by atoms with Gasteiger partial charge in [-0.15, -0.1) is 0 Å². The summed E-state index contributed by atoms with van der Waals surface area (Å²) >= 11 is 0. The number of rotatable bonds is 7. The topological polar surface area (TPSA) is 172 Å². The van der Waals surface area contributed by atoms with Crippen LogP contribution in [0.15, 0.2) is 53.8 Å². The molecule has 1 aromatic carbocycles. The fourth-order valence-corrected chi connectivity index (χ4v) is 4.47. The minimum absolute atomic E-state index is 0.156. The Morgan fingerprint density at radius 1 is 1.12 bits per heavy atom. The summed E-state index contributed by atoms with van der Waals surface area (Å²) in [4.78, 5) is 74.5. The van der Waals surface area contributed by atoms with Gasteiger partial charge in [-0.25, -0.2) is 14.4 Å². The number of benzene rings is 1. The van der Waals surface area contributed by atoms with Crippen molar-refractivity contribution in [2.45, 2.75) is 52.2 Å². The average Bonchev–Trinajstić information content (AvgIpc) is 3.22. The average molecular weight is 580 g/mol. The largest absolute Gasteiger partial charge is 0.444 e. The molecule has 4 N–H and O–H groups in total. The van der Waals surface area contributed by atoms with Crippen molar-refractivity contribution in [3.05, 3.63) is 59.3 Å². The quantitative estimate of drug-likeness (QED) is 0.216. The van der Waals surface area contributed by atoms with Crippen LogP contribution in [0.4, 0.5) is 15.3 Å². The van der Waals surface area contributed by atoms with Gasteiger partial charge in [-0.05, 0) is 56.9 Å². The van der Waals surface area contributed by atoms with Crippen molar-refractivity contribution in [3.63, 3.8) is 0 Å². The highest BCUT2D eigenvalue weighted by molar-refractivity contribution is 6.03. The molecule has 1 aliphatic carbocycles. The Kier molecular flexibility index (Phi) is 8.79. The van der Waals surface area contributed by atoms with Gasteiger partial charge >= 0.3 is 18.1 Å². The van der Waals surface area contributed by atoms with Crippen LogP contribution in [0, 0.1) is 12.8 Å². The Hall–Kier alpha value is -4.94. The molecule has 13 nitrogen and oxygen atoms in total. The highest BCUT2D eigenvalue weighted by atomic mass is 16.6. The normalized spacial score (nSPS) is 19.7. The molecule has 0 aromatic heterocycles. The fraction of sp³-hybridized carbons (Fsp3) is 0.379. The van der Waals surface area contributed by atoms with Crippen molar-refractivity contribution in [1.29, 1.82) is 0 Å². The van der Waals surface area contributed by atoms with Crippen LogP contribution in [0.1, 0.15) is 39.2 Å². The van der Waals surface area contributed by atoms with Gasteiger partial charge in [-0.3, -0.25) is 19.7 Å². The summed E-state index contributed by atoms with van der Waals surface area (Å²) in [6, 6.07) is 3.56. The molecule has 4 rings (SSSR count). The molecule has 1 aromatic rings. The second-order valence-electron chi connectivity index (χ2n) is 11.0. The Bertz CT molecular complexity index is 1420. The van der Waals surface area contributed by atoms with Crippen LogP contribution in [0.3, 0.4) is 0 Å². The van der Waals surface area contributed by atoms with Gasteiger partial charge in [0.15, 0.2) is 0 Å².